The lowest BCUT2D eigenvalue weighted by molar-refractivity contribution is -0.0340. The van der Waals surface area contributed by atoms with Gasteiger partial charge in [0, 0.05) is 12.6 Å². The number of nitrogen functional groups attached to an aromatic ring is 1. The number of fused-ring (bicyclic) bond motifs is 1. The van der Waals surface area contributed by atoms with Gasteiger partial charge in [-0.25, -0.2) is 19.7 Å². The van der Waals surface area contributed by atoms with Gasteiger partial charge in [0.2, 0.25) is 0 Å². The van der Waals surface area contributed by atoms with E-state index in [1.807, 2.05) is 30.3 Å². The van der Waals surface area contributed by atoms with Crippen LogP contribution in [0.5, 0.6) is 0 Å². The number of ether oxygens (including phenoxy) is 2. The topological polar surface area (TPSA) is 184 Å². The molecule has 0 aliphatic carbocycles. The number of hydrogen-bond donors (Lipinski definition) is 5. The van der Waals surface area contributed by atoms with Crippen LogP contribution in [0.2, 0.25) is 0 Å². The maximum atomic E-state index is 12.0. The number of anilines is 1. The van der Waals surface area contributed by atoms with E-state index in [-0.39, 0.29) is 25.0 Å². The number of nitrogens with zero attached hydrogens (tertiary/aromatic N) is 4. The summed E-state index contributed by atoms with van der Waals surface area (Å²) in [5.74, 6) is 0.188. The Bertz CT molecular complexity index is 1060. The molecule has 3 heterocycles. The number of carbonyl (C=O) groups is 1. The average molecular weight is 443 g/mol. The predicted octanol–water partition coefficient (Wildman–Crippen LogP) is -0.676. The minimum Gasteiger partial charge on any atom is -0.448 e. The molecular weight excluding hydrogens is 418 g/mol. The van der Waals surface area contributed by atoms with Crippen LogP contribution in [0.25, 0.3) is 11.2 Å². The van der Waals surface area contributed by atoms with Crippen LogP contribution in [0.4, 0.5) is 10.6 Å². The van der Waals surface area contributed by atoms with Crippen molar-refractivity contribution in [3.8, 4) is 0 Å². The van der Waals surface area contributed by atoms with Crippen LogP contribution in [0, 0.1) is 0 Å². The van der Waals surface area contributed by atoms with Gasteiger partial charge in [0.15, 0.2) is 17.7 Å². The highest BCUT2D eigenvalue weighted by Gasteiger charge is 2.44. The van der Waals surface area contributed by atoms with E-state index in [4.69, 9.17) is 20.9 Å². The number of aliphatic hydroxyl groups excluding tert-OH is 2. The molecule has 1 saturated heterocycles. The summed E-state index contributed by atoms with van der Waals surface area (Å²) in [5.41, 5.74) is 13.6. The molecule has 4 rings (SSSR count). The Labute approximate surface area is 183 Å². The zero-order valence-electron chi connectivity index (χ0n) is 17.1. The van der Waals surface area contributed by atoms with E-state index < -0.39 is 30.6 Å². The van der Waals surface area contributed by atoms with Gasteiger partial charge in [0.25, 0.3) is 0 Å². The van der Waals surface area contributed by atoms with Gasteiger partial charge in [-0.3, -0.25) is 4.57 Å². The maximum absolute atomic E-state index is 12.0. The number of nitrogens with one attached hydrogen (secondary N) is 1. The first kappa shape index (κ1) is 21.9. The molecule has 1 amide bonds. The molecule has 1 aromatic carbocycles. The van der Waals surface area contributed by atoms with Gasteiger partial charge >= 0.3 is 6.09 Å². The second-order valence-electron chi connectivity index (χ2n) is 7.56. The number of nitrogens with two attached hydrogens (primary N) is 2. The van der Waals surface area contributed by atoms with Crippen LogP contribution in [-0.2, 0) is 15.9 Å². The molecule has 3 aromatic rings. The highest BCUT2D eigenvalue weighted by Crippen LogP contribution is 2.31. The number of carbonyl (C=O) groups excluding carboxylic acids is 1. The highest BCUT2D eigenvalue weighted by molar-refractivity contribution is 5.81. The Kier molecular flexibility index (Phi) is 6.46. The lowest BCUT2D eigenvalue weighted by atomic mass is 10.1. The second-order valence-corrected chi connectivity index (χ2v) is 7.56. The Hall–Kier alpha value is -3.32. The van der Waals surface area contributed by atoms with Gasteiger partial charge in [-0.05, 0) is 12.0 Å². The summed E-state index contributed by atoms with van der Waals surface area (Å²) in [6.07, 6.45) is -1.83. The van der Waals surface area contributed by atoms with E-state index in [9.17, 15) is 15.0 Å². The fraction of sp³-hybridized carbons (Fsp3) is 0.400. The van der Waals surface area contributed by atoms with Gasteiger partial charge in [0.05, 0.1) is 6.33 Å². The van der Waals surface area contributed by atoms with Crippen molar-refractivity contribution < 1.29 is 24.5 Å². The first-order chi connectivity index (χ1) is 15.4. The zero-order valence-corrected chi connectivity index (χ0v) is 17.1. The van der Waals surface area contributed by atoms with Gasteiger partial charge in [-0.15, -0.1) is 0 Å². The molecule has 0 bridgehead atoms. The van der Waals surface area contributed by atoms with Crippen LogP contribution in [0.15, 0.2) is 43.0 Å². The molecular formula is C20H25N7O5. The molecule has 1 aliphatic rings. The van der Waals surface area contributed by atoms with Gasteiger partial charge in [0.1, 0.15) is 36.8 Å². The Morgan fingerprint density at radius 3 is 2.78 bits per heavy atom. The molecule has 170 valence electrons. The van der Waals surface area contributed by atoms with Crippen molar-refractivity contribution in [2.24, 2.45) is 5.73 Å². The summed E-state index contributed by atoms with van der Waals surface area (Å²) >= 11 is 0. The van der Waals surface area contributed by atoms with E-state index in [1.165, 1.54) is 17.2 Å². The molecule has 12 nitrogen and oxygen atoms in total. The zero-order chi connectivity index (χ0) is 22.7. The molecule has 1 aliphatic heterocycles. The molecule has 0 radical (unpaired) electrons. The average Bonchev–Trinajstić information content (AvgIpc) is 3.34. The van der Waals surface area contributed by atoms with Crippen LogP contribution >= 0.6 is 0 Å². The number of aromatic nitrogens is 4. The molecule has 7 N–H and O–H groups in total. The number of alkyl carbamates (subject to hydrolysis) is 1. The van der Waals surface area contributed by atoms with E-state index in [1.54, 1.807) is 0 Å². The van der Waals surface area contributed by atoms with E-state index in [0.29, 0.717) is 17.6 Å². The van der Waals surface area contributed by atoms with Crippen molar-refractivity contribution in [3.05, 3.63) is 48.5 Å². The predicted molar refractivity (Wildman–Crippen MR) is 113 cm³/mol. The third-order valence-electron chi connectivity index (χ3n) is 5.22. The number of imidazole rings is 1. The molecule has 0 unspecified atom stereocenters. The minimum atomic E-state index is -1.27. The summed E-state index contributed by atoms with van der Waals surface area (Å²) < 4.78 is 12.4. The number of aliphatic hydroxyl groups is 2. The Balaban J connectivity index is 1.29. The summed E-state index contributed by atoms with van der Waals surface area (Å²) in [6.45, 7) is -0.0482. The third kappa shape index (κ3) is 4.62. The number of hydrogen-bond acceptors (Lipinski definition) is 10. The van der Waals surface area contributed by atoms with E-state index in [2.05, 4.69) is 20.3 Å². The SMILES string of the molecule is Nc1ncnc2c1ncn2[C@@H]1O[C@H](CNC(=O)OC[C@@H](N)Cc2ccccc2)[C@@H](O)[C@H]1O. The third-order valence-corrected chi connectivity index (χ3v) is 5.22. The normalized spacial score (nSPS) is 23.8. The van der Waals surface area contributed by atoms with Crippen molar-refractivity contribution in [1.29, 1.82) is 0 Å². The summed E-state index contributed by atoms with van der Waals surface area (Å²) in [7, 11) is 0. The molecule has 0 spiro atoms. The maximum Gasteiger partial charge on any atom is 0.407 e. The summed E-state index contributed by atoms with van der Waals surface area (Å²) in [6, 6.07) is 9.29. The number of rotatable bonds is 7. The van der Waals surface area contributed by atoms with Crippen LogP contribution < -0.4 is 16.8 Å². The standard InChI is InChI=1S/C20H25N7O5/c21-12(6-11-4-2-1-3-5-11)8-31-20(30)23-7-13-15(28)16(29)19(32-13)27-10-26-14-17(22)24-9-25-18(14)27/h1-5,9-10,12-13,15-16,19,28-29H,6-8,21H2,(H,23,30)(H2,22,24,25)/t12-,13+,15+,16+,19+/m0/s1. The van der Waals surface area contributed by atoms with Crippen LogP contribution in [-0.4, -0.2) is 73.3 Å². The lowest BCUT2D eigenvalue weighted by Crippen LogP contribution is -2.41. The quantitative estimate of drug-likeness (QED) is 0.313. The van der Waals surface area contributed by atoms with Gasteiger partial charge in [-0.2, -0.15) is 0 Å². The smallest absolute Gasteiger partial charge is 0.407 e. The van der Waals surface area contributed by atoms with Crippen molar-refractivity contribution in [2.45, 2.75) is 37.0 Å². The van der Waals surface area contributed by atoms with E-state index in [0.717, 1.165) is 5.56 Å². The van der Waals surface area contributed by atoms with E-state index >= 15 is 0 Å². The first-order valence-corrected chi connectivity index (χ1v) is 10.1. The molecule has 32 heavy (non-hydrogen) atoms. The van der Waals surface area contributed by atoms with Crippen molar-refractivity contribution in [1.82, 2.24) is 24.8 Å². The van der Waals surface area contributed by atoms with Crippen molar-refractivity contribution in [3.63, 3.8) is 0 Å². The summed E-state index contributed by atoms with van der Waals surface area (Å²) in [5, 5.41) is 23.3. The first-order valence-electron chi connectivity index (χ1n) is 10.1. The lowest BCUT2D eigenvalue weighted by Gasteiger charge is -2.17. The van der Waals surface area contributed by atoms with Gasteiger partial charge in [-0.1, -0.05) is 30.3 Å². The fourth-order valence-electron chi connectivity index (χ4n) is 3.58. The highest BCUT2D eigenvalue weighted by atomic mass is 16.6. The number of amides is 1. The van der Waals surface area contributed by atoms with Gasteiger partial charge < -0.3 is 36.5 Å². The monoisotopic (exact) mass is 443 g/mol. The van der Waals surface area contributed by atoms with Crippen molar-refractivity contribution >= 4 is 23.1 Å². The summed E-state index contributed by atoms with van der Waals surface area (Å²) in [4.78, 5) is 24.1. The minimum absolute atomic E-state index is 0.0300. The van der Waals surface area contributed by atoms with Crippen molar-refractivity contribution in [2.75, 3.05) is 18.9 Å². The Morgan fingerprint density at radius 2 is 2.00 bits per heavy atom. The molecule has 1 fully saturated rings. The number of benzene rings is 1. The molecule has 5 atom stereocenters. The molecule has 2 aromatic heterocycles. The molecule has 12 heteroatoms. The Morgan fingerprint density at radius 1 is 1.22 bits per heavy atom. The fourth-order valence-corrected chi connectivity index (χ4v) is 3.58. The van der Waals surface area contributed by atoms with Crippen LogP contribution in [0.1, 0.15) is 11.8 Å². The largest absolute Gasteiger partial charge is 0.448 e. The van der Waals surface area contributed by atoms with Crippen LogP contribution in [0.3, 0.4) is 0 Å². The molecule has 0 saturated carbocycles. The second kappa shape index (κ2) is 9.44.